The lowest BCUT2D eigenvalue weighted by Crippen LogP contribution is -2.04. The lowest BCUT2D eigenvalue weighted by Gasteiger charge is -2.06. The molecule has 0 aliphatic carbocycles. The molecule has 0 atom stereocenters. The highest BCUT2D eigenvalue weighted by Gasteiger charge is 2.13. The Morgan fingerprint density at radius 1 is 1.08 bits per heavy atom. The molecule has 0 aliphatic heterocycles. The Morgan fingerprint density at radius 2 is 2.00 bits per heavy atom. The molecule has 4 rings (SSSR count). The van der Waals surface area contributed by atoms with E-state index in [9.17, 15) is 0 Å². The van der Waals surface area contributed by atoms with Crippen molar-refractivity contribution in [2.24, 2.45) is 0 Å². The topological polar surface area (TPSA) is 84.7 Å². The van der Waals surface area contributed by atoms with E-state index in [-0.39, 0.29) is 0 Å². The smallest absolute Gasteiger partial charge is 0.234 e. The Morgan fingerprint density at radius 3 is 2.83 bits per heavy atom. The SMILES string of the molecule is Cc1c(Cn2ccnc2-c2cccc(C#N)n2)nc2ncccn12. The van der Waals surface area contributed by atoms with Crippen molar-refractivity contribution >= 4 is 5.78 Å². The zero-order valence-electron chi connectivity index (χ0n) is 13.0. The highest BCUT2D eigenvalue weighted by molar-refractivity contribution is 5.51. The van der Waals surface area contributed by atoms with Crippen molar-refractivity contribution in [3.05, 3.63) is 66.1 Å². The molecule has 0 fully saturated rings. The summed E-state index contributed by atoms with van der Waals surface area (Å²) in [6.07, 6.45) is 7.28. The molecule has 0 aromatic carbocycles. The first kappa shape index (κ1) is 14.1. The lowest BCUT2D eigenvalue weighted by molar-refractivity contribution is 0.778. The van der Waals surface area contributed by atoms with E-state index in [0.29, 0.717) is 29.5 Å². The summed E-state index contributed by atoms with van der Waals surface area (Å²) in [6.45, 7) is 2.57. The number of nitriles is 1. The Balaban J connectivity index is 1.74. The predicted molar refractivity (Wildman–Crippen MR) is 87.0 cm³/mol. The van der Waals surface area contributed by atoms with Crippen LogP contribution in [0.1, 0.15) is 17.1 Å². The minimum atomic E-state index is 0.371. The van der Waals surface area contributed by atoms with Gasteiger partial charge in [0.2, 0.25) is 5.78 Å². The number of fused-ring (bicyclic) bond motifs is 1. The van der Waals surface area contributed by atoms with E-state index < -0.39 is 0 Å². The third-order valence-electron chi connectivity index (χ3n) is 3.87. The first-order valence-electron chi connectivity index (χ1n) is 7.43. The van der Waals surface area contributed by atoms with Crippen molar-refractivity contribution in [1.29, 1.82) is 5.26 Å². The summed E-state index contributed by atoms with van der Waals surface area (Å²) >= 11 is 0. The molecule has 0 N–H and O–H groups in total. The van der Waals surface area contributed by atoms with Gasteiger partial charge in [-0.3, -0.25) is 4.40 Å². The van der Waals surface area contributed by atoms with Crippen LogP contribution in [0.2, 0.25) is 0 Å². The van der Waals surface area contributed by atoms with Crippen molar-refractivity contribution in [3.8, 4) is 17.6 Å². The van der Waals surface area contributed by atoms with Crippen LogP contribution in [0.5, 0.6) is 0 Å². The van der Waals surface area contributed by atoms with Gasteiger partial charge in [0.05, 0.1) is 12.2 Å². The van der Waals surface area contributed by atoms with Crippen LogP contribution >= 0.6 is 0 Å². The number of aromatic nitrogens is 6. The Bertz CT molecular complexity index is 1070. The maximum atomic E-state index is 9.02. The second kappa shape index (κ2) is 5.59. The highest BCUT2D eigenvalue weighted by atomic mass is 15.1. The van der Waals surface area contributed by atoms with Crippen molar-refractivity contribution in [1.82, 2.24) is 28.9 Å². The molecular formula is C17H13N7. The summed E-state index contributed by atoms with van der Waals surface area (Å²) < 4.78 is 3.93. The zero-order valence-corrected chi connectivity index (χ0v) is 13.0. The first-order valence-corrected chi connectivity index (χ1v) is 7.43. The summed E-state index contributed by atoms with van der Waals surface area (Å²) in [7, 11) is 0. The maximum Gasteiger partial charge on any atom is 0.234 e. The van der Waals surface area contributed by atoms with Crippen LogP contribution < -0.4 is 0 Å². The van der Waals surface area contributed by atoms with Crippen LogP contribution in [-0.2, 0) is 6.54 Å². The molecule has 7 nitrogen and oxygen atoms in total. The highest BCUT2D eigenvalue weighted by Crippen LogP contribution is 2.18. The van der Waals surface area contributed by atoms with Crippen molar-refractivity contribution in [3.63, 3.8) is 0 Å². The molecule has 4 heterocycles. The lowest BCUT2D eigenvalue weighted by atomic mass is 10.3. The van der Waals surface area contributed by atoms with Crippen LogP contribution in [0.25, 0.3) is 17.3 Å². The summed E-state index contributed by atoms with van der Waals surface area (Å²) in [4.78, 5) is 17.6. The number of imidazole rings is 2. The molecule has 0 unspecified atom stereocenters. The number of hydrogen-bond donors (Lipinski definition) is 0. The standard InChI is InChI=1S/C17H13N7/c1-12-15(22-17-20-6-3-8-24(12)17)11-23-9-7-19-16(23)14-5-2-4-13(10-18)21-14/h2-9H,11H2,1H3. The zero-order chi connectivity index (χ0) is 16.5. The van der Waals surface area contributed by atoms with E-state index in [2.05, 4.69) is 26.0 Å². The van der Waals surface area contributed by atoms with E-state index in [0.717, 1.165) is 11.4 Å². The molecule has 7 heteroatoms. The van der Waals surface area contributed by atoms with E-state index in [1.54, 1.807) is 24.5 Å². The molecule has 0 aliphatic rings. The van der Waals surface area contributed by atoms with Gasteiger partial charge in [0, 0.05) is 30.5 Å². The largest absolute Gasteiger partial charge is 0.324 e. The van der Waals surface area contributed by atoms with Gasteiger partial charge in [0.15, 0.2) is 5.82 Å². The van der Waals surface area contributed by atoms with Crippen molar-refractivity contribution < 1.29 is 0 Å². The minimum absolute atomic E-state index is 0.371. The molecule has 4 aromatic rings. The van der Waals surface area contributed by atoms with Gasteiger partial charge in [-0.25, -0.2) is 19.9 Å². The van der Waals surface area contributed by atoms with Gasteiger partial charge in [0.1, 0.15) is 17.5 Å². The van der Waals surface area contributed by atoms with E-state index in [4.69, 9.17) is 5.26 Å². The molecule has 0 spiro atoms. The fourth-order valence-electron chi connectivity index (χ4n) is 2.65. The third kappa shape index (κ3) is 2.30. The molecule has 116 valence electrons. The summed E-state index contributed by atoms with van der Waals surface area (Å²) in [5.74, 6) is 1.38. The molecule has 0 amide bonds. The first-order chi connectivity index (χ1) is 11.8. The molecule has 0 bridgehead atoms. The average Bonchev–Trinajstić information content (AvgIpc) is 3.21. The third-order valence-corrected chi connectivity index (χ3v) is 3.87. The second-order valence-corrected chi connectivity index (χ2v) is 5.33. The monoisotopic (exact) mass is 315 g/mol. The van der Waals surface area contributed by atoms with Crippen molar-refractivity contribution in [2.75, 3.05) is 0 Å². The van der Waals surface area contributed by atoms with Gasteiger partial charge < -0.3 is 4.57 Å². The number of pyridine rings is 1. The predicted octanol–water partition coefficient (Wildman–Crippen LogP) is 2.22. The van der Waals surface area contributed by atoms with Gasteiger partial charge >= 0.3 is 0 Å². The maximum absolute atomic E-state index is 9.02. The number of nitrogens with zero attached hydrogens (tertiary/aromatic N) is 7. The molecule has 0 radical (unpaired) electrons. The van der Waals surface area contributed by atoms with Gasteiger partial charge in [0.25, 0.3) is 0 Å². The molecule has 0 saturated heterocycles. The van der Waals surface area contributed by atoms with E-state index in [1.807, 2.05) is 40.4 Å². The van der Waals surface area contributed by atoms with Crippen LogP contribution in [0.4, 0.5) is 0 Å². The average molecular weight is 315 g/mol. The molecule has 0 saturated carbocycles. The van der Waals surface area contributed by atoms with E-state index >= 15 is 0 Å². The number of rotatable bonds is 3. The van der Waals surface area contributed by atoms with E-state index in [1.165, 1.54) is 0 Å². The van der Waals surface area contributed by atoms with Gasteiger partial charge in [-0.15, -0.1) is 0 Å². The molecule has 24 heavy (non-hydrogen) atoms. The summed E-state index contributed by atoms with van der Waals surface area (Å²) in [5.41, 5.74) is 3.00. The van der Waals surface area contributed by atoms with Gasteiger partial charge in [-0.05, 0) is 25.1 Å². The Kier molecular flexibility index (Phi) is 3.28. The van der Waals surface area contributed by atoms with Crippen LogP contribution in [0.3, 0.4) is 0 Å². The molecule has 4 aromatic heterocycles. The fraction of sp³-hybridized carbons (Fsp3) is 0.118. The fourth-order valence-corrected chi connectivity index (χ4v) is 2.65. The van der Waals surface area contributed by atoms with Gasteiger partial charge in [-0.2, -0.15) is 5.26 Å². The van der Waals surface area contributed by atoms with Crippen LogP contribution in [0.15, 0.2) is 49.1 Å². The summed E-state index contributed by atoms with van der Waals surface area (Å²) in [6, 6.07) is 9.26. The van der Waals surface area contributed by atoms with Gasteiger partial charge in [-0.1, -0.05) is 6.07 Å². The normalized spacial score (nSPS) is 10.8. The Hall–Kier alpha value is -3.53. The molecular weight excluding hydrogens is 302 g/mol. The summed E-state index contributed by atoms with van der Waals surface area (Å²) in [5, 5.41) is 9.02. The van der Waals surface area contributed by atoms with Crippen LogP contribution in [-0.4, -0.2) is 28.9 Å². The second-order valence-electron chi connectivity index (χ2n) is 5.33. The Labute approximate surface area is 137 Å². The van der Waals surface area contributed by atoms with Crippen molar-refractivity contribution in [2.45, 2.75) is 13.5 Å². The quantitative estimate of drug-likeness (QED) is 0.578. The minimum Gasteiger partial charge on any atom is -0.324 e. The number of hydrogen-bond acceptors (Lipinski definition) is 5. The number of aryl methyl sites for hydroxylation is 1. The van der Waals surface area contributed by atoms with Crippen LogP contribution in [0, 0.1) is 18.3 Å².